The van der Waals surface area contributed by atoms with Gasteiger partial charge in [0.05, 0.1) is 25.5 Å². The molecule has 3 N–H and O–H groups in total. The fourth-order valence-corrected chi connectivity index (χ4v) is 4.12. The molecule has 0 spiro atoms. The van der Waals surface area contributed by atoms with Gasteiger partial charge in [-0.3, -0.25) is 9.69 Å². The first-order chi connectivity index (χ1) is 15.1. The predicted molar refractivity (Wildman–Crippen MR) is 124 cm³/mol. The van der Waals surface area contributed by atoms with E-state index in [0.717, 1.165) is 55.4 Å². The third-order valence-electron chi connectivity index (χ3n) is 5.79. The Morgan fingerprint density at radius 1 is 1.06 bits per heavy atom. The summed E-state index contributed by atoms with van der Waals surface area (Å²) in [7, 11) is 3.18. The molecule has 2 aromatic rings. The number of carbonyl (C=O) groups is 1. The number of nitrogens with zero attached hydrogens (tertiary/aromatic N) is 1. The van der Waals surface area contributed by atoms with Crippen molar-refractivity contribution in [3.8, 4) is 11.5 Å². The molecule has 31 heavy (non-hydrogen) atoms. The molecule has 0 saturated carbocycles. The van der Waals surface area contributed by atoms with Gasteiger partial charge in [-0.1, -0.05) is 19.1 Å². The van der Waals surface area contributed by atoms with Crippen LogP contribution < -0.4 is 25.4 Å². The summed E-state index contributed by atoms with van der Waals surface area (Å²) in [5.74, 6) is 1.07. The lowest BCUT2D eigenvalue weighted by Gasteiger charge is -2.27. The monoisotopic (exact) mass is 422 g/mol. The Morgan fingerprint density at radius 2 is 1.74 bits per heavy atom. The highest BCUT2D eigenvalue weighted by Gasteiger charge is 2.29. The van der Waals surface area contributed by atoms with Crippen LogP contribution in [0.3, 0.4) is 0 Å². The minimum Gasteiger partial charge on any atom is -0.493 e. The van der Waals surface area contributed by atoms with E-state index in [9.17, 15) is 4.79 Å². The fraction of sp³-hybridized carbons (Fsp3) is 0.375. The maximum absolute atomic E-state index is 12.8. The highest BCUT2D eigenvalue weighted by atomic mass is 16.5. The average Bonchev–Trinajstić information content (AvgIpc) is 3.12. The number of methoxy groups -OCH3 is 2. The molecule has 0 unspecified atom stereocenters. The number of nitrogens with one attached hydrogen (secondary N) is 3. The first-order valence-corrected chi connectivity index (χ1v) is 10.7. The van der Waals surface area contributed by atoms with E-state index in [4.69, 9.17) is 9.47 Å². The van der Waals surface area contributed by atoms with E-state index in [1.54, 1.807) is 20.3 Å². The molecule has 4 rings (SSSR count). The SMILES string of the molecule is CCC(Nc1ccc(CN2CCNCC2)cc1)=C1C(=O)Nc2cc(OC)c(OC)cc21. The second-order valence-electron chi connectivity index (χ2n) is 7.76. The standard InChI is InChI=1S/C24H30N4O3/c1-4-19(23-18-13-21(30-2)22(31-3)14-20(18)27-24(23)29)26-17-7-5-16(6-8-17)15-28-11-9-25-10-12-28/h5-8,13-14,25-26H,4,9-12,15H2,1-3H3,(H,27,29). The minimum absolute atomic E-state index is 0.120. The van der Waals surface area contributed by atoms with E-state index in [0.29, 0.717) is 23.5 Å². The molecule has 0 atom stereocenters. The smallest absolute Gasteiger partial charge is 0.258 e. The number of carbonyl (C=O) groups excluding carboxylic acids is 1. The van der Waals surface area contributed by atoms with Crippen molar-refractivity contribution in [1.29, 1.82) is 0 Å². The molecule has 2 aromatic carbocycles. The van der Waals surface area contributed by atoms with Gasteiger partial charge < -0.3 is 25.4 Å². The van der Waals surface area contributed by atoms with Crippen LogP contribution in [0.4, 0.5) is 11.4 Å². The van der Waals surface area contributed by atoms with Crippen molar-refractivity contribution in [2.75, 3.05) is 51.0 Å². The maximum Gasteiger partial charge on any atom is 0.258 e. The van der Waals surface area contributed by atoms with E-state index in [1.165, 1.54) is 5.56 Å². The molecule has 1 amide bonds. The predicted octanol–water partition coefficient (Wildman–Crippen LogP) is 3.29. The van der Waals surface area contributed by atoms with E-state index >= 15 is 0 Å². The van der Waals surface area contributed by atoms with Gasteiger partial charge in [-0.15, -0.1) is 0 Å². The molecule has 2 heterocycles. The number of fused-ring (bicyclic) bond motifs is 1. The van der Waals surface area contributed by atoms with Crippen molar-refractivity contribution in [3.63, 3.8) is 0 Å². The van der Waals surface area contributed by atoms with Gasteiger partial charge >= 0.3 is 0 Å². The highest BCUT2D eigenvalue weighted by Crippen LogP contribution is 2.42. The lowest BCUT2D eigenvalue weighted by Crippen LogP contribution is -2.42. The normalized spacial score (nSPS) is 17.7. The van der Waals surface area contributed by atoms with Crippen molar-refractivity contribution in [1.82, 2.24) is 10.2 Å². The molecule has 7 heteroatoms. The Bertz CT molecular complexity index is 979. The number of ether oxygens (including phenoxy) is 2. The van der Waals surface area contributed by atoms with Crippen molar-refractivity contribution in [3.05, 3.63) is 53.2 Å². The highest BCUT2D eigenvalue weighted by molar-refractivity contribution is 6.32. The Morgan fingerprint density at radius 3 is 2.39 bits per heavy atom. The van der Waals surface area contributed by atoms with Crippen molar-refractivity contribution in [2.45, 2.75) is 19.9 Å². The lowest BCUT2D eigenvalue weighted by molar-refractivity contribution is -0.110. The van der Waals surface area contributed by atoms with Crippen LogP contribution in [0.25, 0.3) is 5.57 Å². The lowest BCUT2D eigenvalue weighted by atomic mass is 10.0. The van der Waals surface area contributed by atoms with Crippen LogP contribution in [0.2, 0.25) is 0 Å². The Kier molecular flexibility index (Phi) is 6.44. The zero-order valence-electron chi connectivity index (χ0n) is 18.4. The number of allylic oxidation sites excluding steroid dienone is 1. The summed E-state index contributed by atoms with van der Waals surface area (Å²) in [4.78, 5) is 15.3. The van der Waals surface area contributed by atoms with Crippen LogP contribution in [0.15, 0.2) is 42.1 Å². The van der Waals surface area contributed by atoms with E-state index in [1.807, 2.05) is 13.0 Å². The van der Waals surface area contributed by atoms with Crippen molar-refractivity contribution < 1.29 is 14.3 Å². The molecule has 164 valence electrons. The van der Waals surface area contributed by atoms with Crippen LogP contribution >= 0.6 is 0 Å². The molecule has 0 bridgehead atoms. The Hall–Kier alpha value is -3.03. The first-order valence-electron chi connectivity index (χ1n) is 10.7. The third-order valence-corrected chi connectivity index (χ3v) is 5.79. The minimum atomic E-state index is -0.120. The maximum atomic E-state index is 12.8. The van der Waals surface area contributed by atoms with Gasteiger partial charge in [0.2, 0.25) is 0 Å². The van der Waals surface area contributed by atoms with E-state index in [2.05, 4.69) is 45.1 Å². The summed E-state index contributed by atoms with van der Waals surface area (Å²) in [5, 5.41) is 9.79. The van der Waals surface area contributed by atoms with Crippen LogP contribution in [-0.2, 0) is 11.3 Å². The van der Waals surface area contributed by atoms with Crippen LogP contribution in [0.1, 0.15) is 24.5 Å². The summed E-state index contributed by atoms with van der Waals surface area (Å²) < 4.78 is 10.8. The van der Waals surface area contributed by atoms with Crippen LogP contribution in [-0.4, -0.2) is 51.2 Å². The summed E-state index contributed by atoms with van der Waals surface area (Å²) in [6.45, 7) is 7.26. The third kappa shape index (κ3) is 4.52. The van der Waals surface area contributed by atoms with Crippen molar-refractivity contribution >= 4 is 22.9 Å². The first kappa shape index (κ1) is 21.2. The van der Waals surface area contributed by atoms with Gasteiger partial charge in [-0.2, -0.15) is 0 Å². The van der Waals surface area contributed by atoms with Crippen LogP contribution in [0, 0.1) is 0 Å². The molecule has 1 saturated heterocycles. The van der Waals surface area contributed by atoms with E-state index in [-0.39, 0.29) is 5.91 Å². The topological polar surface area (TPSA) is 74.9 Å². The number of piperazine rings is 1. The summed E-state index contributed by atoms with van der Waals surface area (Å²) in [6.07, 6.45) is 0.694. The number of hydrogen-bond donors (Lipinski definition) is 3. The summed E-state index contributed by atoms with van der Waals surface area (Å²) in [5.41, 5.74) is 5.33. The molecule has 2 aliphatic rings. The number of rotatable bonds is 7. The van der Waals surface area contributed by atoms with E-state index < -0.39 is 0 Å². The molecule has 1 fully saturated rings. The molecule has 7 nitrogen and oxygen atoms in total. The second kappa shape index (κ2) is 9.41. The fourth-order valence-electron chi connectivity index (χ4n) is 4.12. The van der Waals surface area contributed by atoms with Crippen molar-refractivity contribution in [2.24, 2.45) is 0 Å². The molecule has 0 radical (unpaired) electrons. The largest absolute Gasteiger partial charge is 0.493 e. The van der Waals surface area contributed by atoms with Gasteiger partial charge in [-0.05, 0) is 30.2 Å². The number of amides is 1. The molecule has 0 aromatic heterocycles. The van der Waals surface area contributed by atoms with Gasteiger partial charge in [0, 0.05) is 55.7 Å². The Labute approximate surface area is 183 Å². The molecule has 0 aliphatic carbocycles. The molecular weight excluding hydrogens is 392 g/mol. The van der Waals surface area contributed by atoms with Crippen LogP contribution in [0.5, 0.6) is 11.5 Å². The number of anilines is 2. The number of hydrogen-bond acceptors (Lipinski definition) is 6. The molecule has 2 aliphatic heterocycles. The van der Waals surface area contributed by atoms with Gasteiger partial charge in [-0.25, -0.2) is 0 Å². The summed E-state index contributed by atoms with van der Waals surface area (Å²) >= 11 is 0. The van der Waals surface area contributed by atoms with Gasteiger partial charge in [0.25, 0.3) is 5.91 Å². The summed E-state index contributed by atoms with van der Waals surface area (Å²) in [6, 6.07) is 12.1. The average molecular weight is 423 g/mol. The van der Waals surface area contributed by atoms with Gasteiger partial charge in [0.15, 0.2) is 11.5 Å². The zero-order chi connectivity index (χ0) is 21.8. The quantitative estimate of drug-likeness (QED) is 0.595. The second-order valence-corrected chi connectivity index (χ2v) is 7.76. The number of benzene rings is 2. The van der Waals surface area contributed by atoms with Gasteiger partial charge in [0.1, 0.15) is 0 Å². The Balaban J connectivity index is 1.57. The molecular formula is C24H30N4O3. The zero-order valence-corrected chi connectivity index (χ0v) is 18.4.